The minimum absolute atomic E-state index is 0.0109. The molecule has 0 radical (unpaired) electrons. The third-order valence-corrected chi connectivity index (χ3v) is 10.4. The Kier molecular flexibility index (Phi) is 4.25. The summed E-state index contributed by atoms with van der Waals surface area (Å²) in [6, 6.07) is 0. The number of esters is 1. The summed E-state index contributed by atoms with van der Waals surface area (Å²) >= 11 is 0. The molecule has 4 nitrogen and oxygen atoms in total. The topological polar surface area (TPSA) is 60.4 Å². The molecule has 4 saturated carbocycles. The largest absolute Gasteiger partial charge is 0.465 e. The third kappa shape index (κ3) is 2.26. The van der Waals surface area contributed by atoms with Crippen LogP contribution in [0.4, 0.5) is 0 Å². The molecule has 4 heteroatoms. The Morgan fingerprint density at radius 3 is 1.75 bits per heavy atom. The van der Waals surface area contributed by atoms with Gasteiger partial charge in [-0.15, -0.1) is 0 Å². The van der Waals surface area contributed by atoms with E-state index < -0.39 is 0 Å². The molecular formula is C24H36O4. The van der Waals surface area contributed by atoms with E-state index in [0.717, 1.165) is 25.7 Å². The Morgan fingerprint density at radius 2 is 1.32 bits per heavy atom. The molecule has 156 valence electrons. The second-order valence-electron chi connectivity index (χ2n) is 11.6. The first-order valence-corrected chi connectivity index (χ1v) is 11.1. The fourth-order valence-electron chi connectivity index (χ4n) is 7.60. The van der Waals surface area contributed by atoms with Crippen LogP contribution in [0.3, 0.4) is 0 Å². The minimum atomic E-state index is -0.273. The molecule has 4 aliphatic rings. The summed E-state index contributed by atoms with van der Waals surface area (Å²) in [6.45, 7) is 13.2. The lowest BCUT2D eigenvalue weighted by molar-refractivity contribution is -0.148. The quantitative estimate of drug-likeness (QED) is 0.646. The number of hydrogen-bond donors (Lipinski definition) is 0. The van der Waals surface area contributed by atoms with Gasteiger partial charge < -0.3 is 4.74 Å². The van der Waals surface area contributed by atoms with Gasteiger partial charge in [0.1, 0.15) is 18.2 Å². The first kappa shape index (κ1) is 20.1. The van der Waals surface area contributed by atoms with Gasteiger partial charge in [0, 0.05) is 23.2 Å². The average Bonchev–Trinajstić information content (AvgIpc) is 3.10. The molecule has 0 N–H and O–H groups in total. The molecule has 28 heavy (non-hydrogen) atoms. The zero-order chi connectivity index (χ0) is 20.7. The van der Waals surface area contributed by atoms with Gasteiger partial charge in [-0.3, -0.25) is 14.4 Å². The minimum Gasteiger partial charge on any atom is -0.465 e. The summed E-state index contributed by atoms with van der Waals surface area (Å²) in [5.74, 6) is 0.899. The maximum atomic E-state index is 12.9. The van der Waals surface area contributed by atoms with Crippen LogP contribution in [0.2, 0.25) is 0 Å². The normalized spacial score (nSPS) is 45.1. The SMILES string of the molecule is CC1(C)[C@H]2CC[C@@]1(C)C(=O)[C@@H]2COC(=O)CC[C@H]1C(=O)[C@@]2(C)CC[C@@H]1C2(C)C. The van der Waals surface area contributed by atoms with Gasteiger partial charge >= 0.3 is 5.97 Å². The molecule has 0 heterocycles. The lowest BCUT2D eigenvalue weighted by Gasteiger charge is -2.32. The van der Waals surface area contributed by atoms with Crippen LogP contribution in [0, 0.1) is 45.3 Å². The summed E-state index contributed by atoms with van der Waals surface area (Å²) in [4.78, 5) is 38.2. The summed E-state index contributed by atoms with van der Waals surface area (Å²) < 4.78 is 5.57. The fourth-order valence-corrected chi connectivity index (χ4v) is 7.60. The second kappa shape index (κ2) is 5.92. The monoisotopic (exact) mass is 388 g/mol. The maximum absolute atomic E-state index is 12.9. The van der Waals surface area contributed by atoms with Gasteiger partial charge in [0.05, 0.1) is 5.92 Å². The number of carbonyl (C=O) groups excluding carboxylic acids is 3. The summed E-state index contributed by atoms with van der Waals surface area (Å²) in [7, 11) is 0. The zero-order valence-corrected chi connectivity index (χ0v) is 18.4. The molecule has 0 saturated heterocycles. The highest BCUT2D eigenvalue weighted by Crippen LogP contribution is 2.67. The van der Waals surface area contributed by atoms with Crippen LogP contribution in [0.25, 0.3) is 0 Å². The van der Waals surface area contributed by atoms with Crippen LogP contribution in [0.15, 0.2) is 0 Å². The van der Waals surface area contributed by atoms with E-state index in [2.05, 4.69) is 41.5 Å². The molecule has 4 bridgehead atoms. The Bertz CT molecular complexity index is 675. The van der Waals surface area contributed by atoms with E-state index in [4.69, 9.17) is 4.74 Å². The van der Waals surface area contributed by atoms with Crippen LogP contribution < -0.4 is 0 Å². The highest BCUT2D eigenvalue weighted by molar-refractivity contribution is 5.92. The van der Waals surface area contributed by atoms with Crippen molar-refractivity contribution >= 4 is 17.5 Å². The molecule has 0 spiro atoms. The van der Waals surface area contributed by atoms with Crippen LogP contribution in [0.5, 0.6) is 0 Å². The lowest BCUT2D eigenvalue weighted by Crippen LogP contribution is -2.34. The van der Waals surface area contributed by atoms with E-state index in [1.54, 1.807) is 0 Å². The highest BCUT2D eigenvalue weighted by atomic mass is 16.5. The standard InChI is InChI=1S/C24H36O4/c1-21(2)16-9-11-23(21,5)19(26)14(16)7-8-18(25)28-13-15-17-10-12-24(6,20(15)27)22(17,3)4/h14-17H,7-13H2,1-6H3/t14-,15-,16+,17+,23-,24+/m1/s1. The Hall–Kier alpha value is -1.19. The molecule has 6 atom stereocenters. The number of carbonyl (C=O) groups is 3. The average molecular weight is 389 g/mol. The van der Waals surface area contributed by atoms with Crippen molar-refractivity contribution in [2.45, 2.75) is 80.1 Å². The molecule has 0 amide bonds. The van der Waals surface area contributed by atoms with Crippen LogP contribution >= 0.6 is 0 Å². The van der Waals surface area contributed by atoms with Gasteiger partial charge in [-0.1, -0.05) is 41.5 Å². The summed E-state index contributed by atoms with van der Waals surface area (Å²) in [5, 5.41) is 0. The first-order valence-electron chi connectivity index (χ1n) is 11.1. The number of fused-ring (bicyclic) bond motifs is 4. The van der Waals surface area contributed by atoms with Crippen molar-refractivity contribution in [2.24, 2.45) is 45.3 Å². The number of rotatable bonds is 5. The van der Waals surface area contributed by atoms with E-state index in [0.29, 0.717) is 24.0 Å². The Morgan fingerprint density at radius 1 is 0.857 bits per heavy atom. The molecule has 4 fully saturated rings. The molecule has 0 aromatic heterocycles. The molecular weight excluding hydrogens is 352 g/mol. The van der Waals surface area contributed by atoms with Crippen molar-refractivity contribution in [3.63, 3.8) is 0 Å². The molecule has 0 aromatic carbocycles. The third-order valence-electron chi connectivity index (χ3n) is 10.4. The molecule has 4 aliphatic carbocycles. The maximum Gasteiger partial charge on any atom is 0.305 e. The number of ether oxygens (including phenoxy) is 1. The summed E-state index contributed by atoms with van der Waals surface area (Å²) in [5.41, 5.74) is -0.499. The second-order valence-corrected chi connectivity index (χ2v) is 11.6. The predicted molar refractivity (Wildman–Crippen MR) is 106 cm³/mol. The van der Waals surface area contributed by atoms with Crippen molar-refractivity contribution in [3.8, 4) is 0 Å². The van der Waals surface area contributed by atoms with E-state index in [1.165, 1.54) is 0 Å². The molecule has 0 unspecified atom stereocenters. The van der Waals surface area contributed by atoms with E-state index in [9.17, 15) is 14.4 Å². The van der Waals surface area contributed by atoms with Crippen molar-refractivity contribution in [3.05, 3.63) is 0 Å². The Labute approximate surface area is 169 Å². The smallest absolute Gasteiger partial charge is 0.305 e. The van der Waals surface area contributed by atoms with Gasteiger partial charge in [0.25, 0.3) is 0 Å². The van der Waals surface area contributed by atoms with E-state index >= 15 is 0 Å². The van der Waals surface area contributed by atoms with Crippen LogP contribution in [0.1, 0.15) is 80.1 Å². The van der Waals surface area contributed by atoms with Gasteiger partial charge in [-0.05, 0) is 54.8 Å². The zero-order valence-electron chi connectivity index (χ0n) is 18.4. The Balaban J connectivity index is 1.32. The predicted octanol–water partition coefficient (Wildman–Crippen LogP) is 4.59. The van der Waals surface area contributed by atoms with E-state index in [-0.39, 0.29) is 58.3 Å². The van der Waals surface area contributed by atoms with Crippen molar-refractivity contribution in [2.75, 3.05) is 6.61 Å². The fraction of sp³-hybridized carbons (Fsp3) is 0.875. The molecule has 0 aliphatic heterocycles. The number of hydrogen-bond acceptors (Lipinski definition) is 4. The van der Waals surface area contributed by atoms with Crippen LogP contribution in [-0.4, -0.2) is 24.1 Å². The van der Waals surface area contributed by atoms with Gasteiger partial charge in [0.15, 0.2) is 0 Å². The molecule has 0 aromatic rings. The van der Waals surface area contributed by atoms with Crippen LogP contribution in [-0.2, 0) is 19.1 Å². The summed E-state index contributed by atoms with van der Waals surface area (Å²) in [6.07, 6.45) is 4.93. The first-order chi connectivity index (χ1) is 12.9. The van der Waals surface area contributed by atoms with Gasteiger partial charge in [0.2, 0.25) is 0 Å². The van der Waals surface area contributed by atoms with Gasteiger partial charge in [-0.2, -0.15) is 0 Å². The van der Waals surface area contributed by atoms with Gasteiger partial charge in [-0.25, -0.2) is 0 Å². The number of ketones is 2. The molecule has 4 rings (SSSR count). The van der Waals surface area contributed by atoms with Crippen molar-refractivity contribution in [1.29, 1.82) is 0 Å². The lowest BCUT2D eigenvalue weighted by atomic mass is 9.70. The van der Waals surface area contributed by atoms with Crippen molar-refractivity contribution in [1.82, 2.24) is 0 Å². The van der Waals surface area contributed by atoms with E-state index in [1.807, 2.05) is 0 Å². The number of Topliss-reactive ketones (excluding diaryl/α,β-unsaturated/α-hetero) is 2. The van der Waals surface area contributed by atoms with Crippen molar-refractivity contribution < 1.29 is 19.1 Å². The highest BCUT2D eigenvalue weighted by Gasteiger charge is 2.67.